The van der Waals surface area contributed by atoms with Gasteiger partial charge in [-0.05, 0) is 12.5 Å². The zero-order chi connectivity index (χ0) is 11.0. The minimum atomic E-state index is -0.847. The Hall–Kier alpha value is -1.77. The van der Waals surface area contributed by atoms with Crippen LogP contribution in [0.2, 0.25) is 0 Å². The minimum Gasteiger partial charge on any atom is -0.308 e. The fourth-order valence-corrected chi connectivity index (χ4v) is 1.97. The van der Waals surface area contributed by atoms with E-state index >= 15 is 0 Å². The van der Waals surface area contributed by atoms with Crippen molar-refractivity contribution in [2.24, 2.45) is 5.92 Å². The van der Waals surface area contributed by atoms with Crippen LogP contribution in [0, 0.1) is 11.3 Å². The van der Waals surface area contributed by atoms with Gasteiger partial charge in [0.2, 0.25) is 0 Å². The molecule has 3 nitrogen and oxygen atoms in total. The van der Waals surface area contributed by atoms with Crippen LogP contribution >= 0.6 is 0 Å². The summed E-state index contributed by atoms with van der Waals surface area (Å²) in [4.78, 5) is 23.2. The summed E-state index contributed by atoms with van der Waals surface area (Å²) >= 11 is 0. The summed E-state index contributed by atoms with van der Waals surface area (Å²) in [7, 11) is 0. The second-order valence-electron chi connectivity index (χ2n) is 3.77. The van der Waals surface area contributed by atoms with Crippen molar-refractivity contribution in [2.45, 2.75) is 13.3 Å². The molecule has 1 aromatic rings. The summed E-state index contributed by atoms with van der Waals surface area (Å²) in [5.41, 5.74) is 1.66. The third-order valence-electron chi connectivity index (χ3n) is 2.68. The molecule has 0 saturated carbocycles. The zero-order valence-corrected chi connectivity index (χ0v) is 8.41. The topological polar surface area (TPSA) is 58.0 Å². The first kappa shape index (κ1) is 9.77. The van der Waals surface area contributed by atoms with Crippen LogP contribution in [0.5, 0.6) is 0 Å². The van der Waals surface area contributed by atoms with E-state index in [-0.39, 0.29) is 17.3 Å². The average molecular weight is 201 g/mol. The summed E-state index contributed by atoms with van der Waals surface area (Å²) in [6.07, 6.45) is 0.409. The normalized spacial score (nSPS) is 19.9. The lowest BCUT2D eigenvalue weighted by atomic mass is 9.79. The van der Waals surface area contributed by atoms with E-state index in [1.54, 1.807) is 12.1 Å². The maximum Gasteiger partial charge on any atom is 0.179 e. The van der Waals surface area contributed by atoms with Crippen molar-refractivity contribution in [3.05, 3.63) is 35.4 Å². The highest BCUT2D eigenvalue weighted by Crippen LogP contribution is 2.23. The van der Waals surface area contributed by atoms with Crippen molar-refractivity contribution in [2.75, 3.05) is 0 Å². The van der Waals surface area contributed by atoms with Gasteiger partial charge in [-0.2, -0.15) is 0 Å². The van der Waals surface area contributed by atoms with Crippen LogP contribution in [-0.4, -0.2) is 17.3 Å². The van der Waals surface area contributed by atoms with Gasteiger partial charge in [0.05, 0.1) is 0 Å². The second kappa shape index (κ2) is 3.42. The highest BCUT2D eigenvalue weighted by molar-refractivity contribution is 6.27. The summed E-state index contributed by atoms with van der Waals surface area (Å²) < 4.78 is 0. The number of Topliss-reactive ketones (excluding diaryl/α,β-unsaturated/α-hetero) is 2. The highest BCUT2D eigenvalue weighted by Gasteiger charge is 2.34. The van der Waals surface area contributed by atoms with Crippen molar-refractivity contribution >= 4 is 17.3 Å². The van der Waals surface area contributed by atoms with E-state index < -0.39 is 5.92 Å². The molecule has 1 atom stereocenters. The number of benzene rings is 1. The molecular formula is C12H11NO2. The van der Waals surface area contributed by atoms with E-state index in [0.717, 1.165) is 5.56 Å². The first-order valence-corrected chi connectivity index (χ1v) is 4.81. The van der Waals surface area contributed by atoms with Crippen LogP contribution in [-0.2, 0) is 11.2 Å². The number of carbonyl (C=O) groups excluding carboxylic acids is 2. The van der Waals surface area contributed by atoms with Gasteiger partial charge in [0.25, 0.3) is 0 Å². The average Bonchev–Trinajstić information content (AvgIpc) is 2.17. The standard InChI is InChI=1S/C12H11NO2/c1-7(14)11-10(13)6-8-4-2-3-5-9(8)12(11)15/h2-5,11,13H,6H2,1H3. The van der Waals surface area contributed by atoms with Crippen LogP contribution in [0.25, 0.3) is 0 Å². The molecule has 1 aliphatic rings. The SMILES string of the molecule is CC(=O)C1C(=N)Cc2ccccc2C1=O. The smallest absolute Gasteiger partial charge is 0.179 e. The van der Waals surface area contributed by atoms with Crippen molar-refractivity contribution in [3.8, 4) is 0 Å². The van der Waals surface area contributed by atoms with Gasteiger partial charge in [-0.15, -0.1) is 0 Å². The van der Waals surface area contributed by atoms with Gasteiger partial charge in [0, 0.05) is 17.7 Å². The minimum absolute atomic E-state index is 0.214. The molecule has 2 rings (SSSR count). The van der Waals surface area contributed by atoms with E-state index in [1.165, 1.54) is 6.92 Å². The Bertz CT molecular complexity index is 462. The molecule has 3 heteroatoms. The Morgan fingerprint density at radius 2 is 2.07 bits per heavy atom. The summed E-state index contributed by atoms with van der Waals surface area (Å²) in [6.45, 7) is 1.37. The molecule has 0 amide bonds. The number of hydrogen-bond donors (Lipinski definition) is 1. The maximum absolute atomic E-state index is 11.9. The Morgan fingerprint density at radius 3 is 2.73 bits per heavy atom. The first-order chi connectivity index (χ1) is 7.11. The lowest BCUT2D eigenvalue weighted by Gasteiger charge is -2.22. The predicted molar refractivity (Wildman–Crippen MR) is 56.4 cm³/mol. The van der Waals surface area contributed by atoms with Gasteiger partial charge in [-0.1, -0.05) is 24.3 Å². The Labute approximate surface area is 87.6 Å². The van der Waals surface area contributed by atoms with Crippen molar-refractivity contribution in [3.63, 3.8) is 0 Å². The van der Waals surface area contributed by atoms with Crippen LogP contribution in [0.4, 0.5) is 0 Å². The number of fused-ring (bicyclic) bond motifs is 1. The van der Waals surface area contributed by atoms with E-state index in [2.05, 4.69) is 0 Å². The van der Waals surface area contributed by atoms with E-state index in [1.807, 2.05) is 12.1 Å². The van der Waals surface area contributed by atoms with Crippen LogP contribution in [0.1, 0.15) is 22.8 Å². The van der Waals surface area contributed by atoms with Gasteiger partial charge in [-0.3, -0.25) is 9.59 Å². The highest BCUT2D eigenvalue weighted by atomic mass is 16.1. The number of carbonyl (C=O) groups is 2. The third-order valence-corrected chi connectivity index (χ3v) is 2.68. The van der Waals surface area contributed by atoms with Crippen molar-refractivity contribution in [1.82, 2.24) is 0 Å². The molecule has 0 fully saturated rings. The molecule has 0 saturated heterocycles. The van der Waals surface area contributed by atoms with Crippen molar-refractivity contribution < 1.29 is 9.59 Å². The number of ketones is 2. The maximum atomic E-state index is 11.9. The van der Waals surface area contributed by atoms with Gasteiger partial charge < -0.3 is 5.41 Å². The molecule has 0 heterocycles. The van der Waals surface area contributed by atoms with Crippen LogP contribution in [0.15, 0.2) is 24.3 Å². The number of hydrogen-bond acceptors (Lipinski definition) is 3. The Balaban J connectivity index is 2.52. The second-order valence-corrected chi connectivity index (χ2v) is 3.77. The molecular weight excluding hydrogens is 190 g/mol. The molecule has 1 aliphatic carbocycles. The number of rotatable bonds is 1. The Kier molecular flexibility index (Phi) is 2.23. The molecule has 1 aromatic carbocycles. The summed E-state index contributed by atoms with van der Waals surface area (Å²) in [5.74, 6) is -1.31. The lowest BCUT2D eigenvalue weighted by Crippen LogP contribution is -2.35. The van der Waals surface area contributed by atoms with Gasteiger partial charge in [0.1, 0.15) is 11.7 Å². The molecule has 0 aliphatic heterocycles. The summed E-state index contributed by atoms with van der Waals surface area (Å²) in [5, 5.41) is 7.70. The predicted octanol–water partition coefficient (Wildman–Crippen LogP) is 1.65. The van der Waals surface area contributed by atoms with Gasteiger partial charge in [-0.25, -0.2) is 0 Å². The van der Waals surface area contributed by atoms with Crippen LogP contribution < -0.4 is 0 Å². The fraction of sp³-hybridized carbons (Fsp3) is 0.250. The van der Waals surface area contributed by atoms with Gasteiger partial charge >= 0.3 is 0 Å². The molecule has 1 N–H and O–H groups in total. The third kappa shape index (κ3) is 1.50. The van der Waals surface area contributed by atoms with Crippen LogP contribution in [0.3, 0.4) is 0 Å². The molecule has 1 unspecified atom stereocenters. The zero-order valence-electron chi connectivity index (χ0n) is 8.41. The molecule has 15 heavy (non-hydrogen) atoms. The molecule has 0 aromatic heterocycles. The lowest BCUT2D eigenvalue weighted by molar-refractivity contribution is -0.117. The molecule has 0 bridgehead atoms. The van der Waals surface area contributed by atoms with Crippen molar-refractivity contribution in [1.29, 1.82) is 5.41 Å². The monoisotopic (exact) mass is 201 g/mol. The molecule has 0 radical (unpaired) electrons. The first-order valence-electron chi connectivity index (χ1n) is 4.81. The van der Waals surface area contributed by atoms with E-state index in [9.17, 15) is 9.59 Å². The number of nitrogens with one attached hydrogen (secondary N) is 1. The summed E-state index contributed by atoms with van der Waals surface area (Å²) in [6, 6.07) is 7.18. The molecule has 0 spiro atoms. The molecule has 76 valence electrons. The quantitative estimate of drug-likeness (QED) is 0.702. The Morgan fingerprint density at radius 1 is 1.40 bits per heavy atom. The van der Waals surface area contributed by atoms with Gasteiger partial charge in [0.15, 0.2) is 5.78 Å². The largest absolute Gasteiger partial charge is 0.308 e. The fourth-order valence-electron chi connectivity index (χ4n) is 1.97. The van der Waals surface area contributed by atoms with E-state index in [0.29, 0.717) is 12.0 Å². The van der Waals surface area contributed by atoms with E-state index in [4.69, 9.17) is 5.41 Å².